The molecule has 1 N–H and O–H groups in total. The number of carbonyl (C=O) groups is 1. The lowest BCUT2D eigenvalue weighted by molar-refractivity contribution is -0.119. The van der Waals surface area contributed by atoms with Crippen LogP contribution in [0, 0.1) is 0 Å². The molecule has 0 aromatic heterocycles. The van der Waals surface area contributed by atoms with Gasteiger partial charge in [0.05, 0.1) is 0 Å². The molecule has 1 fully saturated rings. The van der Waals surface area contributed by atoms with Crippen LogP contribution < -0.4 is 5.32 Å². The van der Waals surface area contributed by atoms with Gasteiger partial charge in [-0.3, -0.25) is 9.69 Å². The van der Waals surface area contributed by atoms with Crippen molar-refractivity contribution < 1.29 is 4.79 Å². The number of rotatable bonds is 4. The molecule has 0 saturated carbocycles. The van der Waals surface area contributed by atoms with Crippen molar-refractivity contribution in [2.24, 2.45) is 0 Å². The Bertz CT molecular complexity index is 193. The van der Waals surface area contributed by atoms with Gasteiger partial charge in [0.1, 0.15) is 0 Å². The van der Waals surface area contributed by atoms with E-state index in [9.17, 15) is 4.79 Å². The van der Waals surface area contributed by atoms with Crippen molar-refractivity contribution in [2.45, 2.75) is 58.7 Å². The van der Waals surface area contributed by atoms with Crippen molar-refractivity contribution in [1.82, 2.24) is 10.2 Å². The van der Waals surface area contributed by atoms with Gasteiger partial charge in [-0.15, -0.1) is 0 Å². The fraction of sp³-hybridized carbons (Fsp3) is 0.909. The van der Waals surface area contributed by atoms with Crippen molar-refractivity contribution in [3.63, 3.8) is 0 Å². The van der Waals surface area contributed by atoms with Crippen LogP contribution in [0.3, 0.4) is 0 Å². The highest BCUT2D eigenvalue weighted by molar-refractivity contribution is 5.78. The first-order valence-corrected chi connectivity index (χ1v) is 5.55. The minimum atomic E-state index is 0.211. The highest BCUT2D eigenvalue weighted by atomic mass is 16.1. The second kappa shape index (κ2) is 4.78. The number of hydrogen-bond acceptors (Lipinski definition) is 2. The first kappa shape index (κ1) is 11.5. The number of amides is 1. The molecule has 0 aromatic carbocycles. The summed E-state index contributed by atoms with van der Waals surface area (Å²) in [7, 11) is 0. The van der Waals surface area contributed by atoms with E-state index < -0.39 is 0 Å². The molecule has 14 heavy (non-hydrogen) atoms. The number of nitrogens with one attached hydrogen (secondary N) is 1. The Morgan fingerprint density at radius 2 is 1.93 bits per heavy atom. The second-order valence-electron chi connectivity index (χ2n) is 4.69. The Morgan fingerprint density at radius 3 is 2.29 bits per heavy atom. The average molecular weight is 198 g/mol. The summed E-state index contributed by atoms with van der Waals surface area (Å²) in [6, 6.07) is 1.47. The quantitative estimate of drug-likeness (QED) is 0.740. The fourth-order valence-electron chi connectivity index (χ4n) is 2.09. The minimum absolute atomic E-state index is 0.211. The Balaban J connectivity index is 2.43. The van der Waals surface area contributed by atoms with Gasteiger partial charge in [-0.05, 0) is 34.1 Å². The first-order chi connectivity index (χ1) is 6.50. The fourth-order valence-corrected chi connectivity index (χ4v) is 2.09. The largest absolute Gasteiger partial charge is 0.352 e. The van der Waals surface area contributed by atoms with E-state index in [1.54, 1.807) is 0 Å². The van der Waals surface area contributed by atoms with Gasteiger partial charge in [-0.1, -0.05) is 0 Å². The molecule has 1 aliphatic heterocycles. The summed E-state index contributed by atoms with van der Waals surface area (Å²) in [5, 5.41) is 3.01. The summed E-state index contributed by atoms with van der Waals surface area (Å²) < 4.78 is 0. The maximum Gasteiger partial charge on any atom is 0.220 e. The van der Waals surface area contributed by atoms with E-state index in [-0.39, 0.29) is 5.91 Å². The predicted molar refractivity (Wildman–Crippen MR) is 58.1 cm³/mol. The van der Waals surface area contributed by atoms with E-state index in [0.29, 0.717) is 24.5 Å². The number of hydrogen-bond donors (Lipinski definition) is 1. The maximum absolute atomic E-state index is 11.0. The molecule has 3 heteroatoms. The zero-order chi connectivity index (χ0) is 10.7. The highest BCUT2D eigenvalue weighted by Crippen LogP contribution is 2.12. The molecule has 1 rings (SSSR count). The molecule has 82 valence electrons. The minimum Gasteiger partial charge on any atom is -0.352 e. The molecule has 0 bridgehead atoms. The van der Waals surface area contributed by atoms with Gasteiger partial charge in [0.25, 0.3) is 0 Å². The second-order valence-corrected chi connectivity index (χ2v) is 4.69. The lowest BCUT2D eigenvalue weighted by Crippen LogP contribution is -2.45. The average Bonchev–Trinajstić information content (AvgIpc) is 2.46. The van der Waals surface area contributed by atoms with Gasteiger partial charge in [-0.25, -0.2) is 0 Å². The molecule has 0 unspecified atom stereocenters. The topological polar surface area (TPSA) is 32.3 Å². The smallest absolute Gasteiger partial charge is 0.220 e. The van der Waals surface area contributed by atoms with Crippen LogP contribution in [0.2, 0.25) is 0 Å². The normalized spacial score (nSPS) is 22.5. The zero-order valence-electron chi connectivity index (χ0n) is 9.71. The molecule has 1 atom stereocenters. The molecule has 0 spiro atoms. The summed E-state index contributed by atoms with van der Waals surface area (Å²) in [5.74, 6) is 0.211. The van der Waals surface area contributed by atoms with Crippen LogP contribution >= 0.6 is 0 Å². The van der Waals surface area contributed by atoms with Crippen molar-refractivity contribution >= 4 is 5.91 Å². The van der Waals surface area contributed by atoms with E-state index in [1.165, 1.54) is 0 Å². The molecular formula is C11H22N2O. The summed E-state index contributed by atoms with van der Waals surface area (Å²) in [6.45, 7) is 9.81. The van der Waals surface area contributed by atoms with Crippen molar-refractivity contribution in [2.75, 3.05) is 6.54 Å². The van der Waals surface area contributed by atoms with Crippen LogP contribution in [0.5, 0.6) is 0 Å². The summed E-state index contributed by atoms with van der Waals surface area (Å²) in [4.78, 5) is 13.5. The standard InChI is InChI=1S/C11H22N2O/c1-8(2)13(9(3)4)7-10-5-6-11(14)12-10/h8-10H,5-7H2,1-4H3,(H,12,14)/t10-/m0/s1. The van der Waals surface area contributed by atoms with Gasteiger partial charge in [0.2, 0.25) is 5.91 Å². The third-order valence-corrected chi connectivity index (χ3v) is 2.84. The van der Waals surface area contributed by atoms with Crippen LogP contribution in [0.25, 0.3) is 0 Å². The molecule has 1 amide bonds. The number of nitrogens with zero attached hydrogens (tertiary/aromatic N) is 1. The monoisotopic (exact) mass is 198 g/mol. The maximum atomic E-state index is 11.0. The van der Waals surface area contributed by atoms with Crippen LogP contribution in [0.1, 0.15) is 40.5 Å². The SMILES string of the molecule is CC(C)N(C[C@@H]1CCC(=O)N1)C(C)C. The lowest BCUT2D eigenvalue weighted by Gasteiger charge is -2.32. The molecule has 1 heterocycles. The Morgan fingerprint density at radius 1 is 1.36 bits per heavy atom. The summed E-state index contributed by atoms with van der Waals surface area (Å²) >= 11 is 0. The van der Waals surface area contributed by atoms with E-state index >= 15 is 0 Å². The van der Waals surface area contributed by atoms with Gasteiger partial charge in [-0.2, -0.15) is 0 Å². The molecule has 0 radical (unpaired) electrons. The molecule has 1 aliphatic rings. The van der Waals surface area contributed by atoms with Crippen LogP contribution in [0.15, 0.2) is 0 Å². The zero-order valence-corrected chi connectivity index (χ0v) is 9.71. The Labute approximate surface area is 86.9 Å². The van der Waals surface area contributed by atoms with Gasteiger partial charge in [0.15, 0.2) is 0 Å². The van der Waals surface area contributed by atoms with E-state index in [1.807, 2.05) is 0 Å². The summed E-state index contributed by atoms with van der Waals surface area (Å²) in [5.41, 5.74) is 0. The van der Waals surface area contributed by atoms with E-state index in [2.05, 4.69) is 37.9 Å². The number of carbonyl (C=O) groups excluding carboxylic acids is 1. The molecule has 0 aliphatic carbocycles. The predicted octanol–water partition coefficient (Wildman–Crippen LogP) is 1.38. The summed E-state index contributed by atoms with van der Waals surface area (Å²) in [6.07, 6.45) is 1.70. The van der Waals surface area contributed by atoms with Gasteiger partial charge >= 0.3 is 0 Å². The Hall–Kier alpha value is -0.570. The van der Waals surface area contributed by atoms with Crippen LogP contribution in [-0.4, -0.2) is 35.5 Å². The Kier molecular flexibility index (Phi) is 3.93. The van der Waals surface area contributed by atoms with Crippen molar-refractivity contribution in [3.05, 3.63) is 0 Å². The van der Waals surface area contributed by atoms with Crippen LogP contribution in [-0.2, 0) is 4.79 Å². The van der Waals surface area contributed by atoms with Crippen LogP contribution in [0.4, 0.5) is 0 Å². The third kappa shape index (κ3) is 2.98. The first-order valence-electron chi connectivity index (χ1n) is 5.55. The third-order valence-electron chi connectivity index (χ3n) is 2.84. The van der Waals surface area contributed by atoms with Gasteiger partial charge in [0, 0.05) is 31.1 Å². The molecule has 0 aromatic rings. The molecule has 1 saturated heterocycles. The highest BCUT2D eigenvalue weighted by Gasteiger charge is 2.24. The van der Waals surface area contributed by atoms with E-state index in [4.69, 9.17) is 0 Å². The van der Waals surface area contributed by atoms with Crippen molar-refractivity contribution in [1.29, 1.82) is 0 Å². The van der Waals surface area contributed by atoms with E-state index in [0.717, 1.165) is 13.0 Å². The van der Waals surface area contributed by atoms with Crippen molar-refractivity contribution in [3.8, 4) is 0 Å². The molecular weight excluding hydrogens is 176 g/mol. The van der Waals surface area contributed by atoms with Gasteiger partial charge < -0.3 is 5.32 Å². The lowest BCUT2D eigenvalue weighted by atomic mass is 10.1. The molecule has 3 nitrogen and oxygen atoms in total.